The minimum Gasteiger partial charge on any atom is -0.496 e. The monoisotopic (exact) mass is 444 g/mol. The van der Waals surface area contributed by atoms with Crippen molar-refractivity contribution in [2.24, 2.45) is 0 Å². The fraction of sp³-hybridized carbons (Fsp3) is 0.143. The fourth-order valence-electron chi connectivity index (χ4n) is 3.28. The van der Waals surface area contributed by atoms with Crippen LogP contribution in [0.5, 0.6) is 5.75 Å². The first-order valence-electron chi connectivity index (χ1n) is 9.17. The highest BCUT2D eigenvalue weighted by atomic mass is 32.2. The summed E-state index contributed by atoms with van der Waals surface area (Å²) in [5.41, 5.74) is 2.23. The Morgan fingerprint density at radius 2 is 1.84 bits per heavy atom. The zero-order valence-corrected chi connectivity index (χ0v) is 17.5. The largest absolute Gasteiger partial charge is 0.496 e. The van der Waals surface area contributed by atoms with Crippen LogP contribution in [0.1, 0.15) is 5.56 Å². The van der Waals surface area contributed by atoms with Crippen molar-refractivity contribution < 1.29 is 21.9 Å². The third-order valence-corrected chi connectivity index (χ3v) is 5.96. The van der Waals surface area contributed by atoms with Crippen LogP contribution in [0, 0.1) is 11.6 Å². The summed E-state index contributed by atoms with van der Waals surface area (Å²) in [7, 11) is -1.95. The highest BCUT2D eigenvalue weighted by Crippen LogP contribution is 2.28. The number of hydrogen-bond donors (Lipinski definition) is 1. The zero-order chi connectivity index (χ0) is 22.2. The second-order valence-electron chi connectivity index (χ2n) is 6.88. The second-order valence-corrected chi connectivity index (χ2v) is 8.89. The molecule has 0 saturated heterocycles. The summed E-state index contributed by atoms with van der Waals surface area (Å²) >= 11 is 0. The summed E-state index contributed by atoms with van der Waals surface area (Å²) in [5, 5.41) is 11.2. The van der Waals surface area contributed by atoms with Crippen LogP contribution in [0.3, 0.4) is 0 Å². The number of pyridine rings is 1. The van der Waals surface area contributed by atoms with Crippen LogP contribution in [0.15, 0.2) is 59.8 Å². The Labute approximate surface area is 177 Å². The van der Waals surface area contributed by atoms with Gasteiger partial charge in [-0.05, 0) is 29.8 Å². The van der Waals surface area contributed by atoms with Crippen molar-refractivity contribution in [3.63, 3.8) is 0 Å². The van der Waals surface area contributed by atoms with Gasteiger partial charge in [0.25, 0.3) is 0 Å². The Morgan fingerprint density at radius 1 is 1.10 bits per heavy atom. The quantitative estimate of drug-likeness (QED) is 0.488. The van der Waals surface area contributed by atoms with E-state index in [0.29, 0.717) is 11.5 Å². The summed E-state index contributed by atoms with van der Waals surface area (Å²) in [6, 6.07) is 12.0. The molecule has 0 unspecified atom stereocenters. The number of methoxy groups -OCH3 is 1. The Balaban J connectivity index is 1.66. The average Bonchev–Trinajstić information content (AvgIpc) is 3.22. The van der Waals surface area contributed by atoms with E-state index in [0.717, 1.165) is 29.5 Å². The molecule has 0 atom stereocenters. The molecule has 0 spiro atoms. The van der Waals surface area contributed by atoms with Crippen LogP contribution in [-0.4, -0.2) is 36.4 Å². The number of aromatic nitrogens is 3. The van der Waals surface area contributed by atoms with Crippen molar-refractivity contribution in [3.8, 4) is 16.9 Å². The first-order valence-corrected chi connectivity index (χ1v) is 11.1. The predicted molar refractivity (Wildman–Crippen MR) is 112 cm³/mol. The maximum absolute atomic E-state index is 14.2. The van der Waals surface area contributed by atoms with Gasteiger partial charge in [-0.1, -0.05) is 12.1 Å². The molecule has 0 amide bonds. The molecule has 1 N–H and O–H groups in total. The lowest BCUT2D eigenvalue weighted by atomic mass is 10.1. The molecule has 2 aromatic heterocycles. The highest BCUT2D eigenvalue weighted by Gasteiger charge is 2.15. The molecule has 4 rings (SSSR count). The normalized spacial score (nSPS) is 11.6. The molecular weight excluding hydrogens is 426 g/mol. The van der Waals surface area contributed by atoms with Gasteiger partial charge in [-0.15, -0.1) is 10.2 Å². The maximum Gasteiger partial charge on any atom is 0.175 e. The smallest absolute Gasteiger partial charge is 0.175 e. The Hall–Kier alpha value is -3.53. The second kappa shape index (κ2) is 7.95. The average molecular weight is 444 g/mol. The van der Waals surface area contributed by atoms with Crippen LogP contribution in [0.2, 0.25) is 0 Å². The molecular formula is C21H18F2N4O3S. The van der Waals surface area contributed by atoms with E-state index >= 15 is 0 Å². The van der Waals surface area contributed by atoms with Crippen molar-refractivity contribution >= 4 is 21.3 Å². The van der Waals surface area contributed by atoms with E-state index in [1.807, 2.05) is 0 Å². The van der Waals surface area contributed by atoms with Crippen molar-refractivity contribution in [2.45, 2.75) is 11.4 Å². The van der Waals surface area contributed by atoms with Crippen LogP contribution in [0.25, 0.3) is 16.8 Å². The molecule has 10 heteroatoms. The lowest BCUT2D eigenvalue weighted by Crippen LogP contribution is -2.08. The van der Waals surface area contributed by atoms with Gasteiger partial charge in [0.2, 0.25) is 0 Å². The molecule has 2 aromatic carbocycles. The molecule has 2 heterocycles. The van der Waals surface area contributed by atoms with E-state index in [1.54, 1.807) is 28.7 Å². The van der Waals surface area contributed by atoms with Gasteiger partial charge in [0.05, 0.1) is 12.0 Å². The number of nitrogens with zero attached hydrogens (tertiary/aromatic N) is 3. The molecule has 7 nitrogen and oxygen atoms in total. The number of benzene rings is 2. The molecule has 0 bridgehead atoms. The van der Waals surface area contributed by atoms with E-state index < -0.39 is 21.5 Å². The van der Waals surface area contributed by atoms with Gasteiger partial charge in [0, 0.05) is 36.1 Å². The van der Waals surface area contributed by atoms with Crippen molar-refractivity contribution in [2.75, 3.05) is 18.7 Å². The Morgan fingerprint density at radius 3 is 2.52 bits per heavy atom. The number of rotatable bonds is 6. The van der Waals surface area contributed by atoms with E-state index in [-0.39, 0.29) is 22.8 Å². The lowest BCUT2D eigenvalue weighted by molar-refractivity contribution is 0.400. The standard InChI is InChI=1S/C21H18F2N4O3S/c1-30-19-10-14(22)9-18(23)17(19)11-24-20-8-7-16(21-26-25-12-27(20)21)13-3-5-15(6-4-13)31(2,28)29/h3-10,12,24H,11H2,1-2H3. The van der Waals surface area contributed by atoms with E-state index in [4.69, 9.17) is 4.74 Å². The number of hydrogen-bond acceptors (Lipinski definition) is 6. The molecule has 0 aliphatic carbocycles. The molecule has 0 saturated carbocycles. The van der Waals surface area contributed by atoms with Gasteiger partial charge >= 0.3 is 0 Å². The molecule has 0 aliphatic heterocycles. The molecule has 0 aliphatic rings. The Bertz CT molecular complexity index is 1370. The number of anilines is 1. The minimum absolute atomic E-state index is 0.0466. The van der Waals surface area contributed by atoms with Gasteiger partial charge in [-0.2, -0.15) is 0 Å². The Kier molecular flexibility index (Phi) is 5.32. The predicted octanol–water partition coefficient (Wildman–Crippen LogP) is 3.70. The lowest BCUT2D eigenvalue weighted by Gasteiger charge is -2.14. The van der Waals surface area contributed by atoms with Gasteiger partial charge < -0.3 is 10.1 Å². The summed E-state index contributed by atoms with van der Waals surface area (Å²) in [5.74, 6) is -0.743. The molecule has 4 aromatic rings. The van der Waals surface area contributed by atoms with Crippen molar-refractivity contribution in [1.29, 1.82) is 0 Å². The van der Waals surface area contributed by atoms with Crippen LogP contribution in [0.4, 0.5) is 14.6 Å². The number of sulfone groups is 1. The number of halogens is 2. The highest BCUT2D eigenvalue weighted by molar-refractivity contribution is 7.90. The summed E-state index contributed by atoms with van der Waals surface area (Å²) in [4.78, 5) is 0.224. The van der Waals surface area contributed by atoms with Crippen molar-refractivity contribution in [3.05, 3.63) is 72.1 Å². The third kappa shape index (κ3) is 4.06. The van der Waals surface area contributed by atoms with Crippen LogP contribution < -0.4 is 10.1 Å². The first kappa shape index (κ1) is 20.7. The molecule has 160 valence electrons. The van der Waals surface area contributed by atoms with Crippen molar-refractivity contribution in [1.82, 2.24) is 14.6 Å². The molecule has 31 heavy (non-hydrogen) atoms. The first-order chi connectivity index (χ1) is 14.8. The summed E-state index contributed by atoms with van der Waals surface area (Å²) in [6.07, 6.45) is 2.66. The topological polar surface area (TPSA) is 85.6 Å². The van der Waals surface area contributed by atoms with Gasteiger partial charge in [0.15, 0.2) is 15.5 Å². The minimum atomic E-state index is -3.29. The molecule has 0 fully saturated rings. The van der Waals surface area contributed by atoms with E-state index in [1.165, 1.54) is 25.6 Å². The third-order valence-electron chi connectivity index (χ3n) is 4.84. The van der Waals surface area contributed by atoms with Crippen LogP contribution in [-0.2, 0) is 16.4 Å². The number of nitrogens with one attached hydrogen (secondary N) is 1. The fourth-order valence-corrected chi connectivity index (χ4v) is 3.91. The summed E-state index contributed by atoms with van der Waals surface area (Å²) in [6.45, 7) is 0.0466. The maximum atomic E-state index is 14.2. The van der Waals surface area contributed by atoms with Gasteiger partial charge in [-0.3, -0.25) is 4.40 Å². The molecule has 0 radical (unpaired) electrons. The number of ether oxygens (including phenoxy) is 1. The van der Waals surface area contributed by atoms with E-state index in [9.17, 15) is 17.2 Å². The van der Waals surface area contributed by atoms with Gasteiger partial charge in [0.1, 0.15) is 29.5 Å². The number of fused-ring (bicyclic) bond motifs is 1. The summed E-state index contributed by atoms with van der Waals surface area (Å²) < 4.78 is 57.8. The van der Waals surface area contributed by atoms with Gasteiger partial charge in [-0.25, -0.2) is 17.2 Å². The zero-order valence-electron chi connectivity index (χ0n) is 16.6. The van der Waals surface area contributed by atoms with Crippen LogP contribution >= 0.6 is 0 Å². The SMILES string of the molecule is COc1cc(F)cc(F)c1CNc1ccc(-c2ccc(S(C)(=O)=O)cc2)c2nncn12. The van der Waals surface area contributed by atoms with E-state index in [2.05, 4.69) is 15.5 Å².